The predicted molar refractivity (Wildman–Crippen MR) is 59.2 cm³/mol. The van der Waals surface area contributed by atoms with Crippen LogP contribution in [-0.4, -0.2) is 18.1 Å². The van der Waals surface area contributed by atoms with E-state index in [0.29, 0.717) is 10.9 Å². The van der Waals surface area contributed by atoms with Gasteiger partial charge in [0.25, 0.3) is 0 Å². The molecule has 1 saturated heterocycles. The summed E-state index contributed by atoms with van der Waals surface area (Å²) in [6.07, 6.45) is 1.10. The van der Waals surface area contributed by atoms with E-state index in [9.17, 15) is 0 Å². The van der Waals surface area contributed by atoms with E-state index in [1.807, 2.05) is 18.2 Å². The molecule has 0 radical (unpaired) electrons. The summed E-state index contributed by atoms with van der Waals surface area (Å²) in [4.78, 5) is 4.46. The lowest BCUT2D eigenvalue weighted by Gasteiger charge is -1.99. The molecule has 1 aromatic heterocycles. The van der Waals surface area contributed by atoms with Crippen LogP contribution in [0.1, 0.15) is 18.2 Å². The summed E-state index contributed by atoms with van der Waals surface area (Å²) in [5, 5.41) is 4.00. The lowest BCUT2D eigenvalue weighted by atomic mass is 10.1. The van der Waals surface area contributed by atoms with Gasteiger partial charge in [-0.25, -0.2) is 4.98 Å². The minimum absolute atomic E-state index is 0.413. The second kappa shape index (κ2) is 3.51. The number of halogens is 1. The van der Waals surface area contributed by atoms with Crippen molar-refractivity contribution in [1.82, 2.24) is 10.3 Å². The van der Waals surface area contributed by atoms with Crippen LogP contribution in [0.3, 0.4) is 0 Å². The monoisotopic (exact) mass is 222 g/mol. The maximum Gasteiger partial charge on any atom is 0.199 e. The molecule has 1 N–H and O–H groups in total. The van der Waals surface area contributed by atoms with E-state index < -0.39 is 0 Å². The third kappa shape index (κ3) is 1.62. The first-order valence-corrected chi connectivity index (χ1v) is 5.47. The Bertz CT molecular complexity index is 488. The van der Waals surface area contributed by atoms with Crippen LogP contribution in [0.15, 0.2) is 22.6 Å². The average Bonchev–Trinajstić information content (AvgIpc) is 2.84. The van der Waals surface area contributed by atoms with Gasteiger partial charge < -0.3 is 9.73 Å². The Labute approximate surface area is 92.4 Å². The molecule has 1 fully saturated rings. The van der Waals surface area contributed by atoms with Gasteiger partial charge in [0.1, 0.15) is 5.52 Å². The van der Waals surface area contributed by atoms with E-state index in [0.717, 1.165) is 36.5 Å². The van der Waals surface area contributed by atoms with E-state index in [1.54, 1.807) is 0 Å². The molecule has 2 heterocycles. The van der Waals surface area contributed by atoms with E-state index in [-0.39, 0.29) is 0 Å². The van der Waals surface area contributed by atoms with Gasteiger partial charge in [-0.1, -0.05) is 11.6 Å². The van der Waals surface area contributed by atoms with E-state index in [1.165, 1.54) is 0 Å². The van der Waals surface area contributed by atoms with Crippen molar-refractivity contribution in [3.63, 3.8) is 0 Å². The summed E-state index contributed by atoms with van der Waals surface area (Å²) in [7, 11) is 0. The Morgan fingerprint density at radius 2 is 2.40 bits per heavy atom. The van der Waals surface area contributed by atoms with E-state index >= 15 is 0 Å². The summed E-state index contributed by atoms with van der Waals surface area (Å²) in [6.45, 7) is 2.00. The van der Waals surface area contributed by atoms with Gasteiger partial charge in [0.05, 0.1) is 0 Å². The minimum atomic E-state index is 0.413. The number of rotatable bonds is 1. The second-order valence-corrected chi connectivity index (χ2v) is 4.29. The van der Waals surface area contributed by atoms with E-state index in [4.69, 9.17) is 16.0 Å². The topological polar surface area (TPSA) is 38.1 Å². The second-order valence-electron chi connectivity index (χ2n) is 3.85. The first kappa shape index (κ1) is 9.19. The Morgan fingerprint density at radius 1 is 1.47 bits per heavy atom. The molecule has 0 saturated carbocycles. The molecule has 3 rings (SSSR count). The number of hydrogen-bond donors (Lipinski definition) is 1. The Balaban J connectivity index is 2.05. The predicted octanol–water partition coefficient (Wildman–Crippen LogP) is 2.56. The van der Waals surface area contributed by atoms with Crippen molar-refractivity contribution in [3.8, 4) is 0 Å². The zero-order chi connectivity index (χ0) is 10.3. The van der Waals surface area contributed by atoms with Crippen molar-refractivity contribution in [2.75, 3.05) is 13.1 Å². The quantitative estimate of drug-likeness (QED) is 0.806. The van der Waals surface area contributed by atoms with Crippen LogP contribution >= 0.6 is 11.6 Å². The fourth-order valence-electron chi connectivity index (χ4n) is 1.96. The van der Waals surface area contributed by atoms with Gasteiger partial charge in [-0.15, -0.1) is 0 Å². The van der Waals surface area contributed by atoms with Gasteiger partial charge in [-0.3, -0.25) is 0 Å². The Kier molecular flexibility index (Phi) is 2.15. The first-order valence-electron chi connectivity index (χ1n) is 5.09. The molecule has 1 aromatic carbocycles. The molecule has 1 aliphatic rings. The van der Waals surface area contributed by atoms with Crippen LogP contribution in [0.5, 0.6) is 0 Å². The van der Waals surface area contributed by atoms with Crippen LogP contribution in [0.4, 0.5) is 0 Å². The number of oxazole rings is 1. The zero-order valence-electron chi connectivity index (χ0n) is 8.16. The molecule has 0 spiro atoms. The highest BCUT2D eigenvalue weighted by atomic mass is 35.5. The molecule has 0 bridgehead atoms. The summed E-state index contributed by atoms with van der Waals surface area (Å²) in [5.74, 6) is 1.24. The highest BCUT2D eigenvalue weighted by Gasteiger charge is 2.21. The number of aromatic nitrogens is 1. The van der Waals surface area contributed by atoms with Crippen molar-refractivity contribution in [3.05, 3.63) is 29.1 Å². The maximum absolute atomic E-state index is 5.89. The van der Waals surface area contributed by atoms with Crippen molar-refractivity contribution >= 4 is 22.7 Å². The molecule has 4 heteroatoms. The smallest absolute Gasteiger partial charge is 0.199 e. The minimum Gasteiger partial charge on any atom is -0.440 e. The van der Waals surface area contributed by atoms with Gasteiger partial charge in [-0.2, -0.15) is 0 Å². The van der Waals surface area contributed by atoms with Crippen LogP contribution < -0.4 is 5.32 Å². The molecule has 2 aromatic rings. The number of nitrogens with one attached hydrogen (secondary N) is 1. The molecule has 78 valence electrons. The summed E-state index contributed by atoms with van der Waals surface area (Å²) < 4.78 is 5.70. The van der Waals surface area contributed by atoms with Gasteiger partial charge in [-0.05, 0) is 31.2 Å². The molecule has 0 amide bonds. The third-order valence-corrected chi connectivity index (χ3v) is 3.01. The number of fused-ring (bicyclic) bond motifs is 1. The Morgan fingerprint density at radius 3 is 3.20 bits per heavy atom. The molecule has 0 aliphatic carbocycles. The normalized spacial score (nSPS) is 21.3. The number of hydrogen-bond acceptors (Lipinski definition) is 3. The first-order chi connectivity index (χ1) is 7.33. The standard InChI is InChI=1S/C11H11ClN2O/c12-8-1-2-10-9(5-8)14-11(15-10)7-3-4-13-6-7/h1-2,5,7,13H,3-4,6H2. The van der Waals surface area contributed by atoms with Gasteiger partial charge in [0.2, 0.25) is 0 Å². The van der Waals surface area contributed by atoms with Crippen molar-refractivity contribution in [1.29, 1.82) is 0 Å². The maximum atomic E-state index is 5.89. The van der Waals surface area contributed by atoms with Crippen LogP contribution in [0.25, 0.3) is 11.1 Å². The Hall–Kier alpha value is -1.06. The molecule has 15 heavy (non-hydrogen) atoms. The summed E-state index contributed by atoms with van der Waals surface area (Å²) in [6, 6.07) is 5.54. The molecule has 1 atom stereocenters. The van der Waals surface area contributed by atoms with E-state index in [2.05, 4.69) is 10.3 Å². The lowest BCUT2D eigenvalue weighted by Crippen LogP contribution is -2.07. The molecular weight excluding hydrogens is 212 g/mol. The number of benzene rings is 1. The molecule has 1 aliphatic heterocycles. The fourth-order valence-corrected chi connectivity index (χ4v) is 2.12. The average molecular weight is 223 g/mol. The summed E-state index contributed by atoms with van der Waals surface area (Å²) >= 11 is 5.89. The SMILES string of the molecule is Clc1ccc2oc(C3CCNC3)nc2c1. The lowest BCUT2D eigenvalue weighted by molar-refractivity contribution is 0.485. The van der Waals surface area contributed by atoms with Crippen molar-refractivity contribution in [2.24, 2.45) is 0 Å². The highest BCUT2D eigenvalue weighted by molar-refractivity contribution is 6.31. The largest absolute Gasteiger partial charge is 0.440 e. The van der Waals surface area contributed by atoms with Crippen molar-refractivity contribution in [2.45, 2.75) is 12.3 Å². The molecule has 1 unspecified atom stereocenters. The molecule has 3 nitrogen and oxygen atoms in total. The van der Waals surface area contributed by atoms with Crippen molar-refractivity contribution < 1.29 is 4.42 Å². The van der Waals surface area contributed by atoms with Crippen LogP contribution in [0.2, 0.25) is 5.02 Å². The summed E-state index contributed by atoms with van der Waals surface area (Å²) in [5.41, 5.74) is 1.67. The van der Waals surface area contributed by atoms with Crippen LogP contribution in [0, 0.1) is 0 Å². The third-order valence-electron chi connectivity index (χ3n) is 2.78. The molecular formula is C11H11ClN2O. The zero-order valence-corrected chi connectivity index (χ0v) is 8.92. The van der Waals surface area contributed by atoms with Gasteiger partial charge >= 0.3 is 0 Å². The fraction of sp³-hybridized carbons (Fsp3) is 0.364. The highest BCUT2D eigenvalue weighted by Crippen LogP contribution is 2.26. The van der Waals surface area contributed by atoms with Crippen LogP contribution in [-0.2, 0) is 0 Å². The van der Waals surface area contributed by atoms with Gasteiger partial charge in [0, 0.05) is 17.5 Å². The van der Waals surface area contributed by atoms with Gasteiger partial charge in [0.15, 0.2) is 11.5 Å². The number of nitrogens with zero attached hydrogens (tertiary/aromatic N) is 1.